The van der Waals surface area contributed by atoms with E-state index in [1.54, 1.807) is 13.8 Å². The first-order chi connectivity index (χ1) is 9.29. The van der Waals surface area contributed by atoms with Gasteiger partial charge >= 0.3 is 0 Å². The maximum Gasteiger partial charge on any atom is 0.239 e. The molecule has 1 aromatic carbocycles. The van der Waals surface area contributed by atoms with Crippen LogP contribution in [0.2, 0.25) is 0 Å². The van der Waals surface area contributed by atoms with E-state index in [-0.39, 0.29) is 5.91 Å². The van der Waals surface area contributed by atoms with Gasteiger partial charge in [0.15, 0.2) is 0 Å². The summed E-state index contributed by atoms with van der Waals surface area (Å²) in [6.45, 7) is 5.32. The fourth-order valence-electron chi connectivity index (χ4n) is 1.50. The highest BCUT2D eigenvalue weighted by Crippen LogP contribution is 2.13. The number of rotatable bonds is 7. The second kappa shape index (κ2) is 7.26. The zero-order valence-corrected chi connectivity index (χ0v) is 12.8. The lowest BCUT2D eigenvalue weighted by Gasteiger charge is -2.18. The Morgan fingerprint density at radius 1 is 1.40 bits per heavy atom. The SMILES string of the molecule is CN(C)CCOc1cccc(CNC(=O)C(C)(C)N)c1. The molecule has 1 amide bonds. The summed E-state index contributed by atoms with van der Waals surface area (Å²) < 4.78 is 5.65. The maximum atomic E-state index is 11.7. The largest absolute Gasteiger partial charge is 0.492 e. The number of likely N-dealkylation sites (N-methyl/N-ethyl adjacent to an activating group) is 1. The summed E-state index contributed by atoms with van der Waals surface area (Å²) in [6, 6.07) is 7.70. The molecule has 0 bridgehead atoms. The van der Waals surface area contributed by atoms with Crippen molar-refractivity contribution in [3.63, 3.8) is 0 Å². The highest BCUT2D eigenvalue weighted by molar-refractivity contribution is 5.84. The van der Waals surface area contributed by atoms with Crippen LogP contribution in [0.5, 0.6) is 5.75 Å². The summed E-state index contributed by atoms with van der Waals surface area (Å²) in [6.07, 6.45) is 0. The summed E-state index contributed by atoms with van der Waals surface area (Å²) >= 11 is 0. The van der Waals surface area contributed by atoms with E-state index in [0.29, 0.717) is 13.2 Å². The van der Waals surface area contributed by atoms with Crippen LogP contribution in [0.25, 0.3) is 0 Å². The monoisotopic (exact) mass is 279 g/mol. The average molecular weight is 279 g/mol. The summed E-state index contributed by atoms with van der Waals surface area (Å²) in [5.41, 5.74) is 5.86. The van der Waals surface area contributed by atoms with Gasteiger partial charge in [0.1, 0.15) is 12.4 Å². The molecule has 0 unspecified atom stereocenters. The van der Waals surface area contributed by atoms with Gasteiger partial charge in [-0.05, 0) is 45.6 Å². The molecule has 112 valence electrons. The number of nitrogens with zero attached hydrogens (tertiary/aromatic N) is 1. The summed E-state index contributed by atoms with van der Waals surface area (Å²) in [4.78, 5) is 13.8. The normalized spacial score (nSPS) is 11.5. The smallest absolute Gasteiger partial charge is 0.239 e. The maximum absolute atomic E-state index is 11.7. The summed E-state index contributed by atoms with van der Waals surface area (Å²) in [7, 11) is 4.01. The Balaban J connectivity index is 2.49. The van der Waals surface area contributed by atoms with Crippen molar-refractivity contribution in [2.75, 3.05) is 27.2 Å². The van der Waals surface area contributed by atoms with Crippen molar-refractivity contribution in [1.29, 1.82) is 0 Å². The molecule has 0 aliphatic heterocycles. The molecule has 3 N–H and O–H groups in total. The zero-order valence-electron chi connectivity index (χ0n) is 12.8. The van der Waals surface area contributed by atoms with Crippen LogP contribution in [0.1, 0.15) is 19.4 Å². The van der Waals surface area contributed by atoms with E-state index in [2.05, 4.69) is 10.2 Å². The highest BCUT2D eigenvalue weighted by Gasteiger charge is 2.21. The molecular formula is C15H25N3O2. The van der Waals surface area contributed by atoms with Crippen LogP contribution >= 0.6 is 0 Å². The number of nitrogens with one attached hydrogen (secondary N) is 1. The van der Waals surface area contributed by atoms with Gasteiger partial charge < -0.3 is 20.7 Å². The Morgan fingerprint density at radius 2 is 2.10 bits per heavy atom. The van der Waals surface area contributed by atoms with E-state index in [1.165, 1.54) is 0 Å². The zero-order chi connectivity index (χ0) is 15.2. The third-order valence-electron chi connectivity index (χ3n) is 2.74. The van der Waals surface area contributed by atoms with Crippen LogP contribution in [0.3, 0.4) is 0 Å². The predicted molar refractivity (Wildman–Crippen MR) is 80.6 cm³/mol. The van der Waals surface area contributed by atoms with Crippen LogP contribution < -0.4 is 15.8 Å². The van der Waals surface area contributed by atoms with Gasteiger partial charge in [0.05, 0.1) is 5.54 Å². The van der Waals surface area contributed by atoms with Gasteiger partial charge in [0.2, 0.25) is 5.91 Å². The molecule has 5 heteroatoms. The lowest BCUT2D eigenvalue weighted by atomic mass is 10.1. The molecule has 1 rings (SSSR count). The molecule has 0 saturated heterocycles. The van der Waals surface area contributed by atoms with E-state index in [9.17, 15) is 4.79 Å². The first kappa shape index (κ1) is 16.5. The molecule has 0 heterocycles. The van der Waals surface area contributed by atoms with Crippen molar-refractivity contribution in [2.24, 2.45) is 5.73 Å². The number of ether oxygens (including phenoxy) is 1. The van der Waals surface area contributed by atoms with E-state index >= 15 is 0 Å². The Bertz CT molecular complexity index is 439. The minimum Gasteiger partial charge on any atom is -0.492 e. The molecule has 0 aliphatic rings. The van der Waals surface area contributed by atoms with Gasteiger partial charge in [0, 0.05) is 13.1 Å². The van der Waals surface area contributed by atoms with Crippen molar-refractivity contribution in [3.8, 4) is 5.75 Å². The van der Waals surface area contributed by atoms with E-state index in [1.807, 2.05) is 38.4 Å². The Morgan fingerprint density at radius 3 is 2.70 bits per heavy atom. The average Bonchev–Trinajstić information content (AvgIpc) is 2.35. The highest BCUT2D eigenvalue weighted by atomic mass is 16.5. The minimum absolute atomic E-state index is 0.170. The standard InChI is InChI=1S/C15H25N3O2/c1-15(2,16)14(19)17-11-12-6-5-7-13(10-12)20-9-8-18(3)4/h5-7,10H,8-9,11,16H2,1-4H3,(H,17,19). The first-order valence-electron chi connectivity index (χ1n) is 6.72. The molecule has 0 aliphatic carbocycles. The van der Waals surface area contributed by atoms with E-state index in [4.69, 9.17) is 10.5 Å². The molecule has 20 heavy (non-hydrogen) atoms. The topological polar surface area (TPSA) is 67.6 Å². The lowest BCUT2D eigenvalue weighted by molar-refractivity contribution is -0.125. The molecule has 0 spiro atoms. The Labute approximate surface area is 121 Å². The van der Waals surface area contributed by atoms with E-state index in [0.717, 1.165) is 17.9 Å². The van der Waals surface area contributed by atoms with Crippen molar-refractivity contribution >= 4 is 5.91 Å². The minimum atomic E-state index is -0.861. The van der Waals surface area contributed by atoms with Crippen LogP contribution in [0.15, 0.2) is 24.3 Å². The van der Waals surface area contributed by atoms with Crippen LogP contribution in [0, 0.1) is 0 Å². The van der Waals surface area contributed by atoms with E-state index < -0.39 is 5.54 Å². The predicted octanol–water partition coefficient (Wildman–Crippen LogP) is 0.981. The molecule has 0 radical (unpaired) electrons. The van der Waals surface area contributed by atoms with Crippen LogP contribution in [-0.4, -0.2) is 43.6 Å². The fraction of sp³-hybridized carbons (Fsp3) is 0.533. The number of carbonyl (C=O) groups excluding carboxylic acids is 1. The van der Waals surface area contributed by atoms with Crippen molar-refractivity contribution < 1.29 is 9.53 Å². The number of nitrogens with two attached hydrogens (primary N) is 1. The number of benzene rings is 1. The molecule has 0 aromatic heterocycles. The summed E-state index contributed by atoms with van der Waals surface area (Å²) in [5, 5.41) is 2.81. The molecule has 0 fully saturated rings. The Hall–Kier alpha value is -1.59. The first-order valence-corrected chi connectivity index (χ1v) is 6.72. The number of hydrogen-bond donors (Lipinski definition) is 2. The molecular weight excluding hydrogens is 254 g/mol. The van der Waals surface area contributed by atoms with Gasteiger partial charge in [-0.15, -0.1) is 0 Å². The molecule has 5 nitrogen and oxygen atoms in total. The Kier molecular flexibility index (Phi) is 5.98. The van der Waals surface area contributed by atoms with Gasteiger partial charge in [-0.25, -0.2) is 0 Å². The molecule has 1 aromatic rings. The van der Waals surface area contributed by atoms with Gasteiger partial charge in [-0.1, -0.05) is 12.1 Å². The van der Waals surface area contributed by atoms with Crippen molar-refractivity contribution in [3.05, 3.63) is 29.8 Å². The molecule has 0 saturated carbocycles. The van der Waals surface area contributed by atoms with Gasteiger partial charge in [-0.2, -0.15) is 0 Å². The second-order valence-electron chi connectivity index (χ2n) is 5.70. The lowest BCUT2D eigenvalue weighted by Crippen LogP contribution is -2.48. The fourth-order valence-corrected chi connectivity index (χ4v) is 1.50. The van der Waals surface area contributed by atoms with Crippen molar-refractivity contribution in [1.82, 2.24) is 10.2 Å². The van der Waals surface area contributed by atoms with Gasteiger partial charge in [0.25, 0.3) is 0 Å². The number of amides is 1. The van der Waals surface area contributed by atoms with Crippen molar-refractivity contribution in [2.45, 2.75) is 25.9 Å². The third kappa shape index (κ3) is 6.04. The molecule has 0 atom stereocenters. The van der Waals surface area contributed by atoms with Gasteiger partial charge in [-0.3, -0.25) is 4.79 Å². The number of carbonyl (C=O) groups is 1. The third-order valence-corrected chi connectivity index (χ3v) is 2.74. The summed E-state index contributed by atoms with van der Waals surface area (Å²) in [5.74, 6) is 0.641. The van der Waals surface area contributed by atoms with Crippen LogP contribution in [0.4, 0.5) is 0 Å². The quantitative estimate of drug-likeness (QED) is 0.781. The number of hydrogen-bond acceptors (Lipinski definition) is 4. The van der Waals surface area contributed by atoms with Crippen LogP contribution in [-0.2, 0) is 11.3 Å². The second-order valence-corrected chi connectivity index (χ2v) is 5.70.